The molecule has 0 saturated heterocycles. The molecule has 0 heterocycles. The largest absolute Gasteiger partial charge is 0.384 e. The van der Waals surface area contributed by atoms with Gasteiger partial charge in [-0.3, -0.25) is 0 Å². The molecule has 0 amide bonds. The Morgan fingerprint density at radius 3 is 2.39 bits per heavy atom. The van der Waals surface area contributed by atoms with Gasteiger partial charge in [0.05, 0.1) is 0 Å². The molecule has 0 radical (unpaired) electrons. The van der Waals surface area contributed by atoms with Crippen LogP contribution in [-0.2, 0) is 0 Å². The first kappa shape index (κ1) is 13.2. The molecule has 0 aromatic heterocycles. The predicted octanol–water partition coefficient (Wildman–Crippen LogP) is 4.19. The molecule has 0 aliphatic heterocycles. The highest BCUT2D eigenvalue weighted by molar-refractivity contribution is 7.99. The maximum Gasteiger partial charge on any atom is 0.104 e. The number of benzene rings is 2. The van der Waals surface area contributed by atoms with Gasteiger partial charge in [-0.15, -0.1) is 11.8 Å². The van der Waals surface area contributed by atoms with Crippen LogP contribution in [0.15, 0.2) is 53.4 Å². The van der Waals surface area contributed by atoms with E-state index in [0.717, 1.165) is 16.9 Å². The average molecular weight is 258 g/mol. The van der Waals surface area contributed by atoms with Crippen molar-refractivity contribution in [2.24, 2.45) is 0 Å². The molecular formula is C16H18OS. The third-order valence-corrected chi connectivity index (χ3v) is 3.76. The summed E-state index contributed by atoms with van der Waals surface area (Å²) < 4.78 is 0. The topological polar surface area (TPSA) is 20.2 Å². The van der Waals surface area contributed by atoms with Crippen molar-refractivity contribution in [3.63, 3.8) is 0 Å². The van der Waals surface area contributed by atoms with Crippen LogP contribution in [0.2, 0.25) is 0 Å². The van der Waals surface area contributed by atoms with Crippen LogP contribution in [-0.4, -0.2) is 10.9 Å². The summed E-state index contributed by atoms with van der Waals surface area (Å²) in [4.78, 5) is 1.25. The number of hydrogen-bond donors (Lipinski definition) is 1. The summed E-state index contributed by atoms with van der Waals surface area (Å²) in [5.74, 6) is 1.07. The van der Waals surface area contributed by atoms with Crippen LogP contribution < -0.4 is 0 Å². The van der Waals surface area contributed by atoms with Crippen molar-refractivity contribution in [1.82, 2.24) is 0 Å². The molecule has 18 heavy (non-hydrogen) atoms. The van der Waals surface area contributed by atoms with Gasteiger partial charge in [0.1, 0.15) is 6.10 Å². The zero-order chi connectivity index (χ0) is 13.0. The van der Waals surface area contributed by atoms with Crippen molar-refractivity contribution in [3.8, 4) is 0 Å². The second-order valence-electron chi connectivity index (χ2n) is 4.32. The van der Waals surface area contributed by atoms with Gasteiger partial charge in [0.25, 0.3) is 0 Å². The standard InChI is InChI=1S/C16H18OS/c1-3-18-15-9-7-13(8-10-15)16(17)14-6-4-5-12(2)11-14/h4-11,16-17H,3H2,1-2H3/t16-/m0/s1. The number of thioether (sulfide) groups is 1. The third kappa shape index (κ3) is 3.15. The highest BCUT2D eigenvalue weighted by Gasteiger charge is 2.10. The van der Waals surface area contributed by atoms with E-state index >= 15 is 0 Å². The van der Waals surface area contributed by atoms with Gasteiger partial charge in [-0.2, -0.15) is 0 Å². The van der Waals surface area contributed by atoms with E-state index in [0.29, 0.717) is 0 Å². The Hall–Kier alpha value is -1.25. The first-order chi connectivity index (χ1) is 8.70. The normalized spacial score (nSPS) is 12.4. The minimum absolute atomic E-state index is 0.537. The summed E-state index contributed by atoms with van der Waals surface area (Å²) in [6.45, 7) is 4.18. The van der Waals surface area contributed by atoms with E-state index < -0.39 is 6.10 Å². The van der Waals surface area contributed by atoms with Crippen LogP contribution in [0.5, 0.6) is 0 Å². The Labute approximate surface area is 113 Å². The molecule has 0 fully saturated rings. The first-order valence-corrected chi connectivity index (χ1v) is 7.16. The Balaban J connectivity index is 2.20. The van der Waals surface area contributed by atoms with Crippen molar-refractivity contribution < 1.29 is 5.11 Å². The Bertz CT molecular complexity index is 505. The predicted molar refractivity (Wildman–Crippen MR) is 78.1 cm³/mol. The monoisotopic (exact) mass is 258 g/mol. The lowest BCUT2D eigenvalue weighted by atomic mass is 10.0. The smallest absolute Gasteiger partial charge is 0.104 e. The molecule has 2 aromatic rings. The van der Waals surface area contributed by atoms with Crippen molar-refractivity contribution in [2.45, 2.75) is 24.8 Å². The SMILES string of the molecule is CCSc1ccc([C@H](O)c2cccc(C)c2)cc1. The summed E-state index contributed by atoms with van der Waals surface area (Å²) in [5, 5.41) is 10.3. The van der Waals surface area contributed by atoms with Crippen molar-refractivity contribution in [3.05, 3.63) is 65.2 Å². The van der Waals surface area contributed by atoms with Crippen LogP contribution in [0.1, 0.15) is 29.7 Å². The fourth-order valence-corrected chi connectivity index (χ4v) is 2.61. The van der Waals surface area contributed by atoms with Crippen LogP contribution in [0.3, 0.4) is 0 Å². The van der Waals surface area contributed by atoms with E-state index in [4.69, 9.17) is 0 Å². The van der Waals surface area contributed by atoms with Gasteiger partial charge in [-0.1, -0.05) is 48.9 Å². The minimum Gasteiger partial charge on any atom is -0.384 e. The quantitative estimate of drug-likeness (QED) is 0.830. The summed E-state index contributed by atoms with van der Waals surface area (Å²) in [6, 6.07) is 16.2. The highest BCUT2D eigenvalue weighted by atomic mass is 32.2. The van der Waals surface area contributed by atoms with Gasteiger partial charge in [0, 0.05) is 4.90 Å². The number of hydrogen-bond acceptors (Lipinski definition) is 2. The van der Waals surface area contributed by atoms with Gasteiger partial charge in [-0.25, -0.2) is 0 Å². The maximum absolute atomic E-state index is 10.3. The van der Waals surface area contributed by atoms with Gasteiger partial charge >= 0.3 is 0 Å². The number of aliphatic hydroxyl groups excluding tert-OH is 1. The number of rotatable bonds is 4. The maximum atomic E-state index is 10.3. The fourth-order valence-electron chi connectivity index (χ4n) is 1.95. The molecule has 0 saturated carbocycles. The molecule has 0 unspecified atom stereocenters. The summed E-state index contributed by atoms with van der Waals surface area (Å²) >= 11 is 1.81. The molecule has 0 bridgehead atoms. The Morgan fingerprint density at radius 2 is 1.78 bits per heavy atom. The molecule has 0 spiro atoms. The first-order valence-electron chi connectivity index (χ1n) is 6.18. The van der Waals surface area contributed by atoms with E-state index in [1.807, 2.05) is 55.1 Å². The lowest BCUT2D eigenvalue weighted by Gasteiger charge is -2.12. The molecule has 1 atom stereocenters. The van der Waals surface area contributed by atoms with E-state index in [9.17, 15) is 5.11 Å². The molecule has 2 rings (SSSR count). The van der Waals surface area contributed by atoms with Gasteiger partial charge in [-0.05, 0) is 35.9 Å². The molecule has 1 nitrogen and oxygen atoms in total. The van der Waals surface area contributed by atoms with Crippen molar-refractivity contribution in [2.75, 3.05) is 5.75 Å². The fraction of sp³-hybridized carbons (Fsp3) is 0.250. The zero-order valence-corrected chi connectivity index (χ0v) is 11.6. The van der Waals surface area contributed by atoms with Crippen molar-refractivity contribution >= 4 is 11.8 Å². The second kappa shape index (κ2) is 6.07. The van der Waals surface area contributed by atoms with Crippen molar-refractivity contribution in [1.29, 1.82) is 0 Å². The second-order valence-corrected chi connectivity index (χ2v) is 5.66. The molecule has 2 heteroatoms. The van der Waals surface area contributed by atoms with Gasteiger partial charge in [0.15, 0.2) is 0 Å². The minimum atomic E-state index is -0.537. The molecule has 0 aliphatic rings. The summed E-state index contributed by atoms with van der Waals surface area (Å²) in [6.07, 6.45) is -0.537. The van der Waals surface area contributed by atoms with Crippen LogP contribution in [0, 0.1) is 6.92 Å². The molecule has 0 aliphatic carbocycles. The zero-order valence-electron chi connectivity index (χ0n) is 10.8. The molecular weight excluding hydrogens is 240 g/mol. The highest BCUT2D eigenvalue weighted by Crippen LogP contribution is 2.25. The Morgan fingerprint density at radius 1 is 1.06 bits per heavy atom. The van der Waals surface area contributed by atoms with Crippen LogP contribution in [0.4, 0.5) is 0 Å². The van der Waals surface area contributed by atoms with E-state index in [1.54, 1.807) is 0 Å². The van der Waals surface area contributed by atoms with Crippen LogP contribution >= 0.6 is 11.8 Å². The Kier molecular flexibility index (Phi) is 4.45. The summed E-state index contributed by atoms with van der Waals surface area (Å²) in [7, 11) is 0. The van der Waals surface area contributed by atoms with Gasteiger partial charge in [0.2, 0.25) is 0 Å². The summed E-state index contributed by atoms with van der Waals surface area (Å²) in [5.41, 5.74) is 3.07. The van der Waals surface area contributed by atoms with Crippen LogP contribution in [0.25, 0.3) is 0 Å². The number of aliphatic hydroxyl groups is 1. The average Bonchev–Trinajstić information content (AvgIpc) is 2.39. The lowest BCUT2D eigenvalue weighted by Crippen LogP contribution is -1.99. The molecule has 1 N–H and O–H groups in total. The van der Waals surface area contributed by atoms with E-state index in [1.165, 1.54) is 10.5 Å². The number of aryl methyl sites for hydroxylation is 1. The molecule has 94 valence electrons. The van der Waals surface area contributed by atoms with E-state index in [-0.39, 0.29) is 0 Å². The third-order valence-electron chi connectivity index (χ3n) is 2.86. The van der Waals surface area contributed by atoms with E-state index in [2.05, 4.69) is 19.1 Å². The van der Waals surface area contributed by atoms with Gasteiger partial charge < -0.3 is 5.11 Å². The molecule has 2 aromatic carbocycles. The lowest BCUT2D eigenvalue weighted by molar-refractivity contribution is 0.220.